The molecular weight excluding hydrogens is 392 g/mol. The summed E-state index contributed by atoms with van der Waals surface area (Å²) in [5, 5.41) is 5.42. The lowest BCUT2D eigenvalue weighted by Crippen LogP contribution is -2.37. The van der Waals surface area contributed by atoms with Crippen molar-refractivity contribution in [1.29, 1.82) is 0 Å². The Morgan fingerprint density at radius 2 is 1.03 bits per heavy atom. The van der Waals surface area contributed by atoms with Crippen LogP contribution in [0.2, 0.25) is 0 Å². The summed E-state index contributed by atoms with van der Waals surface area (Å²) in [5.74, 6) is -2.62. The fourth-order valence-electron chi connectivity index (χ4n) is 3.28. The first-order valence-corrected chi connectivity index (χ1v) is 9.23. The highest BCUT2D eigenvalue weighted by Crippen LogP contribution is 2.22. The van der Waals surface area contributed by atoms with Gasteiger partial charge < -0.3 is 20.1 Å². The summed E-state index contributed by atoms with van der Waals surface area (Å²) in [6, 6.07) is 9.32. The van der Waals surface area contributed by atoms with Crippen LogP contribution in [0.1, 0.15) is 52.6 Å². The molecular formula is C21H16N2O7. The molecule has 30 heavy (non-hydrogen) atoms. The minimum atomic E-state index is -0.660. The highest BCUT2D eigenvalue weighted by molar-refractivity contribution is 6.15. The summed E-state index contributed by atoms with van der Waals surface area (Å²) < 4.78 is 9.09. The molecule has 0 bridgehead atoms. The van der Waals surface area contributed by atoms with Gasteiger partial charge in [0.15, 0.2) is 0 Å². The fourth-order valence-corrected chi connectivity index (χ4v) is 3.28. The highest BCUT2D eigenvalue weighted by atomic mass is 16.6. The third-order valence-corrected chi connectivity index (χ3v) is 4.82. The highest BCUT2D eigenvalue weighted by Gasteiger charge is 2.30. The Morgan fingerprint density at radius 3 is 1.47 bits per heavy atom. The van der Waals surface area contributed by atoms with Crippen molar-refractivity contribution < 1.29 is 33.4 Å². The van der Waals surface area contributed by atoms with Gasteiger partial charge in [-0.25, -0.2) is 24.0 Å². The molecule has 2 N–H and O–H groups in total. The van der Waals surface area contributed by atoms with Gasteiger partial charge in [-0.2, -0.15) is 0 Å². The summed E-state index contributed by atoms with van der Waals surface area (Å²) in [4.78, 5) is 57.9. The number of cyclic esters (lactones) is 4. The normalized spacial score (nSPS) is 14.1. The van der Waals surface area contributed by atoms with Gasteiger partial charge in [-0.15, -0.1) is 0 Å². The third kappa shape index (κ3) is 3.77. The maximum absolute atomic E-state index is 11.9. The number of carbonyl (C=O) groups is 5. The summed E-state index contributed by atoms with van der Waals surface area (Å²) in [6.07, 6.45) is 0.951. The zero-order valence-corrected chi connectivity index (χ0v) is 15.7. The summed E-state index contributed by atoms with van der Waals surface area (Å²) in [6.45, 7) is 0.667. The van der Waals surface area contributed by atoms with E-state index in [2.05, 4.69) is 20.1 Å². The molecule has 0 radical (unpaired) electrons. The van der Waals surface area contributed by atoms with Crippen molar-refractivity contribution in [3.05, 3.63) is 69.8 Å². The SMILES string of the molecule is O=C(NCCc1ccc2c(c1)C(=O)OC2=O)NCCc1ccc2c(c1)C(=O)OC2=O. The first-order valence-electron chi connectivity index (χ1n) is 9.23. The van der Waals surface area contributed by atoms with Crippen LogP contribution in [0.25, 0.3) is 0 Å². The Morgan fingerprint density at radius 1 is 0.633 bits per heavy atom. The minimum Gasteiger partial charge on any atom is -0.386 e. The van der Waals surface area contributed by atoms with Gasteiger partial charge in [0.25, 0.3) is 0 Å². The predicted molar refractivity (Wildman–Crippen MR) is 101 cm³/mol. The average Bonchev–Trinajstić information content (AvgIpc) is 3.16. The van der Waals surface area contributed by atoms with E-state index in [4.69, 9.17) is 0 Å². The Hall–Kier alpha value is -4.01. The van der Waals surface area contributed by atoms with Crippen LogP contribution in [0.3, 0.4) is 0 Å². The molecule has 0 unspecified atom stereocenters. The maximum Gasteiger partial charge on any atom is 0.346 e. The van der Waals surface area contributed by atoms with Crippen molar-refractivity contribution in [2.75, 3.05) is 13.1 Å². The number of benzene rings is 2. The molecule has 0 saturated carbocycles. The van der Waals surface area contributed by atoms with E-state index >= 15 is 0 Å². The van der Waals surface area contributed by atoms with Crippen LogP contribution in [0.5, 0.6) is 0 Å². The van der Waals surface area contributed by atoms with Crippen LogP contribution >= 0.6 is 0 Å². The Balaban J connectivity index is 1.22. The molecule has 2 aliphatic rings. The largest absolute Gasteiger partial charge is 0.386 e. The molecule has 4 rings (SSSR count). The van der Waals surface area contributed by atoms with Crippen molar-refractivity contribution in [2.45, 2.75) is 12.8 Å². The number of rotatable bonds is 6. The fraction of sp³-hybridized carbons (Fsp3) is 0.190. The molecule has 2 aliphatic heterocycles. The lowest BCUT2D eigenvalue weighted by atomic mass is 10.0. The molecule has 9 nitrogen and oxygen atoms in total. The molecule has 2 aromatic carbocycles. The van der Waals surface area contributed by atoms with Gasteiger partial charge >= 0.3 is 29.9 Å². The number of urea groups is 1. The molecule has 0 spiro atoms. The lowest BCUT2D eigenvalue weighted by Gasteiger charge is -2.08. The lowest BCUT2D eigenvalue weighted by molar-refractivity contribution is 0.0425. The predicted octanol–water partition coefficient (Wildman–Crippen LogP) is 1.39. The number of carbonyl (C=O) groups excluding carboxylic acids is 5. The van der Waals surface area contributed by atoms with E-state index in [-0.39, 0.29) is 28.3 Å². The number of hydrogen-bond acceptors (Lipinski definition) is 7. The summed E-state index contributed by atoms with van der Waals surface area (Å²) >= 11 is 0. The van der Waals surface area contributed by atoms with Gasteiger partial charge in [0.05, 0.1) is 22.3 Å². The topological polar surface area (TPSA) is 128 Å². The first-order chi connectivity index (χ1) is 14.4. The Labute approximate surface area is 170 Å². The van der Waals surface area contributed by atoms with Gasteiger partial charge in [-0.1, -0.05) is 12.1 Å². The molecule has 0 aliphatic carbocycles. The molecule has 2 heterocycles. The van der Waals surface area contributed by atoms with Gasteiger partial charge in [-0.05, 0) is 48.2 Å². The number of fused-ring (bicyclic) bond motifs is 2. The molecule has 2 aromatic rings. The average molecular weight is 408 g/mol. The minimum absolute atomic E-state index is 0.238. The maximum atomic E-state index is 11.9. The van der Waals surface area contributed by atoms with E-state index in [0.29, 0.717) is 25.9 Å². The van der Waals surface area contributed by atoms with Gasteiger partial charge in [0.1, 0.15) is 0 Å². The second-order valence-corrected chi connectivity index (χ2v) is 6.80. The van der Waals surface area contributed by atoms with E-state index in [9.17, 15) is 24.0 Å². The summed E-state index contributed by atoms with van der Waals surface area (Å²) in [5.41, 5.74) is 2.56. The van der Waals surface area contributed by atoms with Crippen LogP contribution in [-0.4, -0.2) is 43.0 Å². The van der Waals surface area contributed by atoms with Crippen molar-refractivity contribution in [1.82, 2.24) is 10.6 Å². The van der Waals surface area contributed by atoms with Gasteiger partial charge in [0.2, 0.25) is 0 Å². The monoisotopic (exact) mass is 408 g/mol. The number of esters is 4. The Kier molecular flexibility index (Phi) is 5.01. The van der Waals surface area contributed by atoms with Gasteiger partial charge in [-0.3, -0.25) is 0 Å². The smallest absolute Gasteiger partial charge is 0.346 e. The van der Waals surface area contributed by atoms with Crippen molar-refractivity contribution in [3.8, 4) is 0 Å². The standard InChI is InChI=1S/C21H16N2O7/c24-17-13-3-1-11(9-15(13)19(26)29-17)5-7-22-21(28)23-8-6-12-2-4-14-16(10-12)20(27)30-18(14)25/h1-4,9-10H,5-8H2,(H2,22,23,28). The molecule has 0 aromatic heterocycles. The number of amides is 2. The van der Waals surface area contributed by atoms with Crippen molar-refractivity contribution in [2.24, 2.45) is 0 Å². The van der Waals surface area contributed by atoms with E-state index < -0.39 is 23.9 Å². The third-order valence-electron chi connectivity index (χ3n) is 4.82. The number of ether oxygens (including phenoxy) is 2. The van der Waals surface area contributed by atoms with Crippen LogP contribution in [0.15, 0.2) is 36.4 Å². The molecule has 152 valence electrons. The van der Waals surface area contributed by atoms with Crippen LogP contribution in [-0.2, 0) is 22.3 Å². The van der Waals surface area contributed by atoms with E-state index in [0.717, 1.165) is 11.1 Å². The number of hydrogen-bond donors (Lipinski definition) is 2. The molecule has 0 atom stereocenters. The molecule has 0 saturated heterocycles. The quantitative estimate of drug-likeness (QED) is 0.546. The number of nitrogens with one attached hydrogen (secondary N) is 2. The zero-order valence-electron chi connectivity index (χ0n) is 15.7. The molecule has 0 fully saturated rings. The second kappa shape index (κ2) is 7.78. The van der Waals surface area contributed by atoms with Crippen LogP contribution < -0.4 is 10.6 Å². The van der Waals surface area contributed by atoms with Gasteiger partial charge in [0, 0.05) is 13.1 Å². The van der Waals surface area contributed by atoms with Crippen LogP contribution in [0, 0.1) is 0 Å². The van der Waals surface area contributed by atoms with Crippen molar-refractivity contribution in [3.63, 3.8) is 0 Å². The Bertz CT molecular complexity index is 1020. The van der Waals surface area contributed by atoms with Crippen LogP contribution in [0.4, 0.5) is 4.79 Å². The zero-order chi connectivity index (χ0) is 21.3. The van der Waals surface area contributed by atoms with E-state index in [1.165, 1.54) is 12.1 Å². The first kappa shape index (κ1) is 19.3. The molecule has 9 heteroatoms. The second-order valence-electron chi connectivity index (χ2n) is 6.80. The van der Waals surface area contributed by atoms with Crippen molar-refractivity contribution >= 4 is 29.9 Å². The molecule has 2 amide bonds. The van der Waals surface area contributed by atoms with E-state index in [1.54, 1.807) is 24.3 Å². The van der Waals surface area contributed by atoms with E-state index in [1.807, 2.05) is 0 Å². The summed E-state index contributed by atoms with van der Waals surface area (Å²) in [7, 11) is 0.